The average Bonchev–Trinajstić information content (AvgIpc) is 2.88. The Bertz CT molecular complexity index is 381. The number of ether oxygens (including phenoxy) is 1. The molecule has 108 valence electrons. The van der Waals surface area contributed by atoms with Crippen LogP contribution in [0, 0.1) is 5.41 Å². The van der Waals surface area contributed by atoms with Crippen molar-refractivity contribution in [1.29, 1.82) is 0 Å². The van der Waals surface area contributed by atoms with E-state index < -0.39 is 0 Å². The first-order valence-electron chi connectivity index (χ1n) is 7.33. The molecule has 0 saturated heterocycles. The van der Waals surface area contributed by atoms with Crippen LogP contribution in [0.25, 0.3) is 0 Å². The molecular formula is C15H26N2O2. The van der Waals surface area contributed by atoms with E-state index in [1.807, 2.05) is 19.9 Å². The van der Waals surface area contributed by atoms with E-state index in [-0.39, 0.29) is 12.0 Å². The fourth-order valence-corrected chi connectivity index (χ4v) is 2.48. The van der Waals surface area contributed by atoms with E-state index >= 15 is 0 Å². The zero-order valence-corrected chi connectivity index (χ0v) is 12.1. The molecule has 2 rings (SSSR count). The number of aliphatic hydroxyl groups excluding tert-OH is 1. The molecule has 0 aromatic carbocycles. The summed E-state index contributed by atoms with van der Waals surface area (Å²) < 4.78 is 7.75. The van der Waals surface area contributed by atoms with E-state index in [1.165, 1.54) is 32.1 Å². The Hall–Kier alpha value is -0.870. The lowest BCUT2D eigenvalue weighted by atomic mass is 9.96. The first-order valence-corrected chi connectivity index (χ1v) is 7.33. The first kappa shape index (κ1) is 14.5. The van der Waals surface area contributed by atoms with E-state index in [4.69, 9.17) is 9.84 Å². The molecule has 0 bridgehead atoms. The highest BCUT2D eigenvalue weighted by atomic mass is 16.5. The van der Waals surface area contributed by atoms with Gasteiger partial charge in [0.2, 0.25) is 0 Å². The van der Waals surface area contributed by atoms with Crippen molar-refractivity contribution < 1.29 is 9.84 Å². The largest absolute Gasteiger partial charge is 0.396 e. The lowest BCUT2D eigenvalue weighted by Gasteiger charge is -2.22. The van der Waals surface area contributed by atoms with Crippen LogP contribution in [-0.4, -0.2) is 28.1 Å². The van der Waals surface area contributed by atoms with Crippen LogP contribution >= 0.6 is 0 Å². The normalized spacial score (nSPS) is 17.8. The number of hydrogen-bond acceptors (Lipinski definition) is 3. The Morgan fingerprint density at radius 1 is 1.37 bits per heavy atom. The Labute approximate surface area is 115 Å². The molecular weight excluding hydrogens is 240 g/mol. The smallest absolute Gasteiger partial charge is 0.0906 e. The van der Waals surface area contributed by atoms with Crippen molar-refractivity contribution in [3.05, 3.63) is 18.0 Å². The van der Waals surface area contributed by atoms with Crippen molar-refractivity contribution >= 4 is 0 Å². The molecule has 1 aromatic heterocycles. The van der Waals surface area contributed by atoms with Gasteiger partial charge in [0.1, 0.15) is 0 Å². The third-order valence-electron chi connectivity index (χ3n) is 3.78. The molecule has 4 heteroatoms. The molecule has 0 atom stereocenters. The van der Waals surface area contributed by atoms with Crippen LogP contribution in [0.3, 0.4) is 0 Å². The fraction of sp³-hybridized carbons (Fsp3) is 0.800. The summed E-state index contributed by atoms with van der Waals surface area (Å²) in [7, 11) is 0. The molecule has 1 fully saturated rings. The molecule has 1 aliphatic carbocycles. The molecule has 0 aliphatic heterocycles. The molecule has 0 spiro atoms. The Morgan fingerprint density at radius 2 is 2.11 bits per heavy atom. The van der Waals surface area contributed by atoms with Crippen molar-refractivity contribution in [2.24, 2.45) is 5.41 Å². The SMILES string of the molecule is CC(C)(CO)COCc1ccn(C2CCCCC2)n1. The van der Waals surface area contributed by atoms with Gasteiger partial charge in [-0.1, -0.05) is 33.1 Å². The summed E-state index contributed by atoms with van der Waals surface area (Å²) in [5.41, 5.74) is 0.811. The zero-order valence-electron chi connectivity index (χ0n) is 12.1. The molecule has 0 unspecified atom stereocenters. The van der Waals surface area contributed by atoms with Gasteiger partial charge in [-0.15, -0.1) is 0 Å². The quantitative estimate of drug-likeness (QED) is 0.861. The summed E-state index contributed by atoms with van der Waals surface area (Å²) in [6, 6.07) is 2.62. The van der Waals surface area contributed by atoms with Crippen molar-refractivity contribution in [3.8, 4) is 0 Å². The Morgan fingerprint density at radius 3 is 2.79 bits per heavy atom. The van der Waals surface area contributed by atoms with Gasteiger partial charge in [0.15, 0.2) is 0 Å². The van der Waals surface area contributed by atoms with Gasteiger partial charge in [-0.05, 0) is 18.9 Å². The highest BCUT2D eigenvalue weighted by Crippen LogP contribution is 2.27. The Kier molecular flexibility index (Phi) is 4.99. The predicted octanol–water partition coefficient (Wildman–Crippen LogP) is 2.92. The summed E-state index contributed by atoms with van der Waals surface area (Å²) in [4.78, 5) is 0. The molecule has 1 heterocycles. The van der Waals surface area contributed by atoms with Gasteiger partial charge in [0.25, 0.3) is 0 Å². The van der Waals surface area contributed by atoms with Gasteiger partial charge in [-0.25, -0.2) is 0 Å². The maximum atomic E-state index is 9.17. The molecule has 4 nitrogen and oxygen atoms in total. The van der Waals surface area contributed by atoms with E-state index in [0.29, 0.717) is 19.3 Å². The van der Waals surface area contributed by atoms with Gasteiger partial charge in [-0.2, -0.15) is 5.10 Å². The number of aromatic nitrogens is 2. The standard InChI is InChI=1S/C15H26N2O2/c1-15(2,11-18)12-19-10-13-8-9-17(16-13)14-6-4-3-5-7-14/h8-9,14,18H,3-7,10-12H2,1-2H3. The topological polar surface area (TPSA) is 47.3 Å². The molecule has 1 N–H and O–H groups in total. The van der Waals surface area contributed by atoms with Crippen molar-refractivity contribution in [1.82, 2.24) is 9.78 Å². The fourth-order valence-electron chi connectivity index (χ4n) is 2.48. The maximum absolute atomic E-state index is 9.17. The summed E-state index contributed by atoms with van der Waals surface area (Å²) in [5, 5.41) is 13.8. The summed E-state index contributed by atoms with van der Waals surface area (Å²) in [5.74, 6) is 0. The van der Waals surface area contributed by atoms with Gasteiger partial charge >= 0.3 is 0 Å². The van der Waals surface area contributed by atoms with Gasteiger partial charge in [0.05, 0.1) is 31.6 Å². The Balaban J connectivity index is 1.80. The van der Waals surface area contributed by atoms with E-state index in [9.17, 15) is 0 Å². The van der Waals surface area contributed by atoms with Crippen LogP contribution in [0.4, 0.5) is 0 Å². The molecule has 19 heavy (non-hydrogen) atoms. The minimum atomic E-state index is -0.175. The van der Waals surface area contributed by atoms with Gasteiger partial charge < -0.3 is 9.84 Å². The van der Waals surface area contributed by atoms with Crippen molar-refractivity contribution in [2.75, 3.05) is 13.2 Å². The summed E-state index contributed by atoms with van der Waals surface area (Å²) in [6.07, 6.45) is 8.58. The predicted molar refractivity (Wildman–Crippen MR) is 74.9 cm³/mol. The highest BCUT2D eigenvalue weighted by molar-refractivity contribution is 4.98. The minimum Gasteiger partial charge on any atom is -0.396 e. The third kappa shape index (κ3) is 4.32. The lowest BCUT2D eigenvalue weighted by molar-refractivity contribution is 0.0183. The van der Waals surface area contributed by atoms with Gasteiger partial charge in [-0.3, -0.25) is 4.68 Å². The van der Waals surface area contributed by atoms with Crippen LogP contribution in [0.15, 0.2) is 12.3 Å². The molecule has 0 amide bonds. The number of rotatable bonds is 6. The summed E-state index contributed by atoms with van der Waals surface area (Å²) >= 11 is 0. The van der Waals surface area contributed by atoms with Crippen LogP contribution < -0.4 is 0 Å². The van der Waals surface area contributed by atoms with Crippen LogP contribution in [0.2, 0.25) is 0 Å². The van der Waals surface area contributed by atoms with E-state index in [1.54, 1.807) is 0 Å². The molecule has 1 aromatic rings. The average molecular weight is 266 g/mol. The maximum Gasteiger partial charge on any atom is 0.0906 e. The van der Waals surface area contributed by atoms with E-state index in [2.05, 4.69) is 16.0 Å². The highest BCUT2D eigenvalue weighted by Gasteiger charge is 2.18. The second-order valence-corrected chi connectivity index (χ2v) is 6.39. The molecule has 0 radical (unpaired) electrons. The number of nitrogens with zero attached hydrogens (tertiary/aromatic N) is 2. The third-order valence-corrected chi connectivity index (χ3v) is 3.78. The van der Waals surface area contributed by atoms with Crippen LogP contribution in [0.1, 0.15) is 57.7 Å². The second kappa shape index (κ2) is 6.53. The number of aliphatic hydroxyl groups is 1. The van der Waals surface area contributed by atoms with Gasteiger partial charge in [0, 0.05) is 11.6 Å². The number of hydrogen-bond donors (Lipinski definition) is 1. The van der Waals surface area contributed by atoms with Crippen LogP contribution in [0.5, 0.6) is 0 Å². The molecule has 1 aliphatic rings. The van der Waals surface area contributed by atoms with Crippen molar-refractivity contribution in [3.63, 3.8) is 0 Å². The molecule has 1 saturated carbocycles. The van der Waals surface area contributed by atoms with E-state index in [0.717, 1.165) is 5.69 Å². The lowest BCUT2D eigenvalue weighted by Crippen LogP contribution is -2.23. The first-order chi connectivity index (χ1) is 9.11. The monoisotopic (exact) mass is 266 g/mol. The van der Waals surface area contributed by atoms with Crippen LogP contribution in [-0.2, 0) is 11.3 Å². The minimum absolute atomic E-state index is 0.142. The second-order valence-electron chi connectivity index (χ2n) is 6.39. The summed E-state index contributed by atoms with van der Waals surface area (Å²) in [6.45, 7) is 5.22. The van der Waals surface area contributed by atoms with Crippen molar-refractivity contribution in [2.45, 2.75) is 58.6 Å². The zero-order chi connectivity index (χ0) is 13.7.